The lowest BCUT2D eigenvalue weighted by molar-refractivity contribution is 0.407. The van der Waals surface area contributed by atoms with Gasteiger partial charge in [-0.25, -0.2) is 9.97 Å². The van der Waals surface area contributed by atoms with Gasteiger partial charge in [-0.2, -0.15) is 0 Å². The van der Waals surface area contributed by atoms with Gasteiger partial charge in [0.1, 0.15) is 12.1 Å². The Kier molecular flexibility index (Phi) is 4.05. The van der Waals surface area contributed by atoms with Gasteiger partial charge in [0.2, 0.25) is 0 Å². The van der Waals surface area contributed by atoms with E-state index >= 15 is 0 Å². The molecule has 1 aromatic carbocycles. The number of benzene rings is 1. The molecule has 0 bridgehead atoms. The fourth-order valence-corrected chi connectivity index (χ4v) is 1.60. The number of ether oxygens (including phenoxy) is 1. The maximum atomic E-state index is 5.28. The van der Waals surface area contributed by atoms with Crippen LogP contribution in [0.2, 0.25) is 0 Å². The molecule has 1 aromatic heterocycles. The first-order valence-electron chi connectivity index (χ1n) is 5.47. The van der Waals surface area contributed by atoms with Crippen LogP contribution in [-0.4, -0.2) is 17.1 Å². The van der Waals surface area contributed by atoms with Crippen LogP contribution in [0, 0.1) is 0 Å². The number of nitrogens with one attached hydrogen (secondary N) is 1. The topological polar surface area (TPSA) is 47.0 Å². The van der Waals surface area contributed by atoms with Gasteiger partial charge in [-0.05, 0) is 12.1 Å². The first kappa shape index (κ1) is 11.5. The van der Waals surface area contributed by atoms with E-state index in [1.165, 1.54) is 0 Å². The number of hydrogen-bond donors (Lipinski definition) is 1. The summed E-state index contributed by atoms with van der Waals surface area (Å²) in [6.45, 7) is 1.48. The summed E-state index contributed by atoms with van der Waals surface area (Å²) in [7, 11) is 1.68. The molecule has 0 aliphatic carbocycles. The number of nitrogens with zero attached hydrogens (tertiary/aromatic N) is 2. The van der Waals surface area contributed by atoms with Crippen molar-refractivity contribution in [2.45, 2.75) is 13.1 Å². The monoisotopic (exact) mass is 229 g/mol. The summed E-state index contributed by atoms with van der Waals surface area (Å²) in [5.41, 5.74) is 2.12. The van der Waals surface area contributed by atoms with E-state index in [4.69, 9.17) is 4.74 Å². The van der Waals surface area contributed by atoms with Crippen LogP contribution >= 0.6 is 0 Å². The fraction of sp³-hybridized carbons (Fsp3) is 0.231. The van der Waals surface area contributed by atoms with Crippen LogP contribution < -0.4 is 10.1 Å². The molecule has 4 heteroatoms. The standard InChI is InChI=1S/C13H15N3O/c1-17-13-5-3-2-4-11(13)8-15-9-12-6-7-14-10-16-12/h2-7,10,15H,8-9H2,1H3. The van der Waals surface area contributed by atoms with Crippen molar-refractivity contribution >= 4 is 0 Å². The van der Waals surface area contributed by atoms with Crippen LogP contribution in [-0.2, 0) is 13.1 Å². The Labute approximate surface area is 101 Å². The van der Waals surface area contributed by atoms with E-state index < -0.39 is 0 Å². The molecular weight excluding hydrogens is 214 g/mol. The smallest absolute Gasteiger partial charge is 0.123 e. The van der Waals surface area contributed by atoms with Gasteiger partial charge < -0.3 is 10.1 Å². The summed E-state index contributed by atoms with van der Waals surface area (Å²) in [6.07, 6.45) is 3.30. The van der Waals surface area contributed by atoms with Crippen molar-refractivity contribution in [1.29, 1.82) is 0 Å². The molecule has 0 amide bonds. The first-order valence-corrected chi connectivity index (χ1v) is 5.47. The molecule has 0 aliphatic rings. The van der Waals surface area contributed by atoms with Gasteiger partial charge in [0.15, 0.2) is 0 Å². The van der Waals surface area contributed by atoms with Gasteiger partial charge in [0, 0.05) is 24.8 Å². The molecule has 2 aromatic rings. The van der Waals surface area contributed by atoms with E-state index in [1.54, 1.807) is 19.6 Å². The predicted octanol–water partition coefficient (Wildman–Crippen LogP) is 1.77. The van der Waals surface area contributed by atoms with Crippen LogP contribution in [0.15, 0.2) is 42.9 Å². The molecule has 0 saturated heterocycles. The van der Waals surface area contributed by atoms with Crippen molar-refractivity contribution < 1.29 is 4.74 Å². The van der Waals surface area contributed by atoms with Crippen LogP contribution in [0.3, 0.4) is 0 Å². The lowest BCUT2D eigenvalue weighted by atomic mass is 10.2. The maximum absolute atomic E-state index is 5.28. The quantitative estimate of drug-likeness (QED) is 0.849. The number of methoxy groups -OCH3 is 1. The van der Waals surface area contributed by atoms with E-state index in [0.29, 0.717) is 0 Å². The van der Waals surface area contributed by atoms with Crippen molar-refractivity contribution in [2.24, 2.45) is 0 Å². The molecule has 0 atom stereocenters. The number of para-hydroxylation sites is 1. The third kappa shape index (κ3) is 3.26. The second-order valence-corrected chi connectivity index (χ2v) is 3.62. The summed E-state index contributed by atoms with van der Waals surface area (Å²) < 4.78 is 5.28. The summed E-state index contributed by atoms with van der Waals surface area (Å²) in [4.78, 5) is 8.03. The molecule has 1 N–H and O–H groups in total. The number of rotatable bonds is 5. The van der Waals surface area contributed by atoms with Crippen molar-refractivity contribution in [3.05, 3.63) is 54.1 Å². The van der Waals surface area contributed by atoms with Gasteiger partial charge in [-0.15, -0.1) is 0 Å². The zero-order valence-electron chi connectivity index (χ0n) is 9.76. The van der Waals surface area contributed by atoms with Crippen molar-refractivity contribution in [3.8, 4) is 5.75 Å². The number of hydrogen-bond acceptors (Lipinski definition) is 4. The number of aromatic nitrogens is 2. The molecule has 0 fully saturated rings. The zero-order chi connectivity index (χ0) is 11.9. The molecule has 2 rings (SSSR count). The highest BCUT2D eigenvalue weighted by Gasteiger charge is 2.00. The third-order valence-corrected chi connectivity index (χ3v) is 2.46. The second-order valence-electron chi connectivity index (χ2n) is 3.62. The first-order chi connectivity index (χ1) is 8.40. The van der Waals surface area contributed by atoms with Gasteiger partial charge in [0.25, 0.3) is 0 Å². The molecule has 88 valence electrons. The molecule has 0 spiro atoms. The highest BCUT2D eigenvalue weighted by atomic mass is 16.5. The Morgan fingerprint density at radius 2 is 2.06 bits per heavy atom. The Morgan fingerprint density at radius 1 is 1.18 bits per heavy atom. The summed E-state index contributed by atoms with van der Waals surface area (Å²) in [5, 5.41) is 3.32. The molecule has 4 nitrogen and oxygen atoms in total. The highest BCUT2D eigenvalue weighted by molar-refractivity contribution is 5.32. The van der Waals surface area contributed by atoms with Gasteiger partial charge in [-0.3, -0.25) is 0 Å². The summed E-state index contributed by atoms with van der Waals surface area (Å²) in [5.74, 6) is 0.905. The van der Waals surface area contributed by atoms with Crippen molar-refractivity contribution in [2.75, 3.05) is 7.11 Å². The zero-order valence-corrected chi connectivity index (χ0v) is 9.76. The van der Waals surface area contributed by atoms with Crippen molar-refractivity contribution in [1.82, 2.24) is 15.3 Å². The van der Waals surface area contributed by atoms with Gasteiger partial charge in [-0.1, -0.05) is 18.2 Å². The molecule has 0 radical (unpaired) electrons. The maximum Gasteiger partial charge on any atom is 0.123 e. The normalized spacial score (nSPS) is 10.2. The second kappa shape index (κ2) is 5.96. The fourth-order valence-electron chi connectivity index (χ4n) is 1.60. The SMILES string of the molecule is COc1ccccc1CNCc1ccncn1. The largest absolute Gasteiger partial charge is 0.496 e. The minimum absolute atomic E-state index is 0.723. The minimum atomic E-state index is 0.723. The van der Waals surface area contributed by atoms with Crippen molar-refractivity contribution in [3.63, 3.8) is 0 Å². The van der Waals surface area contributed by atoms with E-state index in [1.807, 2.05) is 30.3 Å². The van der Waals surface area contributed by atoms with Gasteiger partial charge >= 0.3 is 0 Å². The van der Waals surface area contributed by atoms with Crippen LogP contribution in [0.4, 0.5) is 0 Å². The van der Waals surface area contributed by atoms with Gasteiger partial charge in [0.05, 0.1) is 12.8 Å². The minimum Gasteiger partial charge on any atom is -0.496 e. The lowest BCUT2D eigenvalue weighted by Gasteiger charge is -2.08. The van der Waals surface area contributed by atoms with E-state index in [0.717, 1.165) is 30.1 Å². The van der Waals surface area contributed by atoms with Crippen LogP contribution in [0.5, 0.6) is 5.75 Å². The Hall–Kier alpha value is -1.94. The van der Waals surface area contributed by atoms with Crippen LogP contribution in [0.25, 0.3) is 0 Å². The summed E-state index contributed by atoms with van der Waals surface area (Å²) in [6, 6.07) is 9.87. The summed E-state index contributed by atoms with van der Waals surface area (Å²) >= 11 is 0. The molecule has 0 aliphatic heterocycles. The van der Waals surface area contributed by atoms with Crippen LogP contribution in [0.1, 0.15) is 11.3 Å². The van der Waals surface area contributed by atoms with E-state index in [2.05, 4.69) is 15.3 Å². The molecule has 0 saturated carbocycles. The predicted molar refractivity (Wildman–Crippen MR) is 65.6 cm³/mol. The van der Waals surface area contributed by atoms with E-state index in [-0.39, 0.29) is 0 Å². The molecular formula is C13H15N3O. The molecule has 0 unspecified atom stereocenters. The molecule has 17 heavy (non-hydrogen) atoms. The lowest BCUT2D eigenvalue weighted by Crippen LogP contribution is -2.14. The average molecular weight is 229 g/mol. The Morgan fingerprint density at radius 3 is 2.82 bits per heavy atom. The Balaban J connectivity index is 1.90. The average Bonchev–Trinajstić information content (AvgIpc) is 2.40. The highest BCUT2D eigenvalue weighted by Crippen LogP contribution is 2.16. The molecule has 1 heterocycles. The Bertz CT molecular complexity index is 459. The van der Waals surface area contributed by atoms with E-state index in [9.17, 15) is 0 Å². The third-order valence-electron chi connectivity index (χ3n) is 2.46.